The van der Waals surface area contributed by atoms with Gasteiger partial charge < -0.3 is 10.5 Å². The number of aromatic nitrogens is 2. The highest BCUT2D eigenvalue weighted by Gasteiger charge is 2.72. The lowest BCUT2D eigenvalue weighted by Gasteiger charge is -2.12. The van der Waals surface area contributed by atoms with E-state index in [-0.39, 0.29) is 11.3 Å². The van der Waals surface area contributed by atoms with Gasteiger partial charge in [-0.15, -0.1) is 0 Å². The summed E-state index contributed by atoms with van der Waals surface area (Å²) < 4.78 is 32.0. The maximum Gasteiger partial charge on any atom is 0.341 e. The molecule has 0 amide bonds. The SMILES string of the molecule is COC(=O)c1cnn(C)c1C1(N)CC1(F)F. The number of halogens is 2. The molecular weight excluding hydrogens is 220 g/mol. The Morgan fingerprint density at radius 1 is 1.69 bits per heavy atom. The number of aryl methyl sites for hydroxylation is 1. The molecule has 0 bridgehead atoms. The highest BCUT2D eigenvalue weighted by molar-refractivity contribution is 5.91. The predicted molar refractivity (Wildman–Crippen MR) is 50.0 cm³/mol. The van der Waals surface area contributed by atoms with E-state index in [2.05, 4.69) is 9.84 Å². The topological polar surface area (TPSA) is 70.1 Å². The van der Waals surface area contributed by atoms with Crippen LogP contribution in [-0.4, -0.2) is 28.8 Å². The molecular formula is C9H11F2N3O2. The van der Waals surface area contributed by atoms with Gasteiger partial charge in [0, 0.05) is 13.5 Å². The fourth-order valence-corrected chi connectivity index (χ4v) is 1.79. The first-order valence-corrected chi connectivity index (χ1v) is 4.61. The summed E-state index contributed by atoms with van der Waals surface area (Å²) >= 11 is 0. The Labute approximate surface area is 90.2 Å². The number of carbonyl (C=O) groups is 1. The zero-order chi connectivity index (χ0) is 12.1. The number of carbonyl (C=O) groups excluding carboxylic acids is 1. The van der Waals surface area contributed by atoms with Gasteiger partial charge in [-0.05, 0) is 0 Å². The van der Waals surface area contributed by atoms with Gasteiger partial charge in [-0.1, -0.05) is 0 Å². The quantitative estimate of drug-likeness (QED) is 0.748. The van der Waals surface area contributed by atoms with Crippen molar-refractivity contribution in [2.45, 2.75) is 17.9 Å². The third kappa shape index (κ3) is 1.24. The van der Waals surface area contributed by atoms with Crippen molar-refractivity contribution in [2.24, 2.45) is 12.8 Å². The average molecular weight is 231 g/mol. The van der Waals surface area contributed by atoms with Crippen molar-refractivity contribution in [3.63, 3.8) is 0 Å². The fraction of sp³-hybridized carbons (Fsp3) is 0.556. The largest absolute Gasteiger partial charge is 0.465 e. The first-order valence-electron chi connectivity index (χ1n) is 4.61. The number of hydrogen-bond donors (Lipinski definition) is 1. The number of rotatable bonds is 2. The van der Waals surface area contributed by atoms with Crippen molar-refractivity contribution in [3.05, 3.63) is 17.5 Å². The van der Waals surface area contributed by atoms with Gasteiger partial charge in [0.2, 0.25) is 0 Å². The van der Waals surface area contributed by atoms with E-state index in [0.717, 1.165) is 0 Å². The zero-order valence-corrected chi connectivity index (χ0v) is 8.83. The van der Waals surface area contributed by atoms with Gasteiger partial charge in [-0.25, -0.2) is 13.6 Å². The maximum absolute atomic E-state index is 13.2. The van der Waals surface area contributed by atoms with Crippen LogP contribution in [0.5, 0.6) is 0 Å². The summed E-state index contributed by atoms with van der Waals surface area (Å²) in [4.78, 5) is 11.4. The number of hydrogen-bond acceptors (Lipinski definition) is 4. The van der Waals surface area contributed by atoms with Crippen molar-refractivity contribution >= 4 is 5.97 Å². The standard InChI is InChI=1S/C9H11F2N3O2/c1-14-6(8(12)4-9(8,10)11)5(3-13-14)7(15)16-2/h3H,4,12H2,1-2H3. The van der Waals surface area contributed by atoms with Crippen LogP contribution in [0.25, 0.3) is 0 Å². The summed E-state index contributed by atoms with van der Waals surface area (Å²) in [6, 6.07) is 0. The minimum Gasteiger partial charge on any atom is -0.465 e. The fourth-order valence-electron chi connectivity index (χ4n) is 1.79. The predicted octanol–water partition coefficient (Wildman–Crippen LogP) is 0.400. The Hall–Kier alpha value is -1.50. The molecule has 1 aromatic heterocycles. The molecule has 7 heteroatoms. The van der Waals surface area contributed by atoms with E-state index in [0.29, 0.717) is 0 Å². The second-order valence-electron chi connectivity index (χ2n) is 3.87. The van der Waals surface area contributed by atoms with Crippen LogP contribution >= 0.6 is 0 Å². The molecule has 2 N–H and O–H groups in total. The molecule has 1 saturated carbocycles. The van der Waals surface area contributed by atoms with Crippen molar-refractivity contribution in [1.29, 1.82) is 0 Å². The number of nitrogens with zero attached hydrogens (tertiary/aromatic N) is 2. The number of ether oxygens (including phenoxy) is 1. The van der Waals surface area contributed by atoms with Gasteiger partial charge in [-0.3, -0.25) is 4.68 Å². The van der Waals surface area contributed by atoms with Crippen LogP contribution in [0, 0.1) is 0 Å². The molecule has 16 heavy (non-hydrogen) atoms. The summed E-state index contributed by atoms with van der Waals surface area (Å²) in [5.74, 6) is -3.71. The lowest BCUT2D eigenvalue weighted by Crippen LogP contribution is -2.31. The maximum atomic E-state index is 13.2. The molecule has 2 rings (SSSR count). The van der Waals surface area contributed by atoms with Crippen molar-refractivity contribution in [1.82, 2.24) is 9.78 Å². The van der Waals surface area contributed by atoms with E-state index in [1.54, 1.807) is 0 Å². The van der Waals surface area contributed by atoms with Crippen LogP contribution in [0.3, 0.4) is 0 Å². The number of alkyl halides is 2. The molecule has 88 valence electrons. The Kier molecular flexibility index (Phi) is 2.06. The smallest absolute Gasteiger partial charge is 0.341 e. The summed E-state index contributed by atoms with van der Waals surface area (Å²) in [6.45, 7) is 0. The number of methoxy groups -OCH3 is 1. The third-order valence-corrected chi connectivity index (χ3v) is 2.80. The van der Waals surface area contributed by atoms with E-state index >= 15 is 0 Å². The van der Waals surface area contributed by atoms with Crippen molar-refractivity contribution < 1.29 is 18.3 Å². The van der Waals surface area contributed by atoms with Gasteiger partial charge in [0.05, 0.1) is 19.0 Å². The molecule has 1 fully saturated rings. The second-order valence-corrected chi connectivity index (χ2v) is 3.87. The van der Waals surface area contributed by atoms with Gasteiger partial charge in [-0.2, -0.15) is 5.10 Å². The molecule has 0 aliphatic heterocycles. The van der Waals surface area contributed by atoms with Gasteiger partial charge in [0.15, 0.2) is 0 Å². The van der Waals surface area contributed by atoms with Crippen molar-refractivity contribution in [3.8, 4) is 0 Å². The summed E-state index contributed by atoms with van der Waals surface area (Å²) in [7, 11) is 2.64. The van der Waals surface area contributed by atoms with Gasteiger partial charge in [0.1, 0.15) is 11.1 Å². The Morgan fingerprint density at radius 3 is 2.69 bits per heavy atom. The zero-order valence-electron chi connectivity index (χ0n) is 8.83. The molecule has 0 spiro atoms. The Bertz CT molecular complexity index is 458. The van der Waals surface area contributed by atoms with Gasteiger partial charge >= 0.3 is 5.97 Å². The molecule has 0 radical (unpaired) electrons. The normalized spacial score (nSPS) is 26.6. The van der Waals surface area contributed by atoms with Crippen LogP contribution in [0.4, 0.5) is 8.78 Å². The first kappa shape index (κ1) is 11.0. The van der Waals surface area contributed by atoms with Crippen LogP contribution in [-0.2, 0) is 17.3 Å². The van der Waals surface area contributed by atoms with E-state index in [1.165, 1.54) is 25.0 Å². The number of esters is 1. The van der Waals surface area contributed by atoms with Crippen LogP contribution < -0.4 is 5.73 Å². The summed E-state index contributed by atoms with van der Waals surface area (Å²) in [5.41, 5.74) is 3.77. The highest BCUT2D eigenvalue weighted by Crippen LogP contribution is 2.58. The second kappa shape index (κ2) is 3.00. The first-order chi connectivity index (χ1) is 7.33. The van der Waals surface area contributed by atoms with E-state index in [1.807, 2.05) is 0 Å². The molecule has 5 nitrogen and oxygen atoms in total. The van der Waals surface area contributed by atoms with Crippen LogP contribution in [0.1, 0.15) is 22.5 Å². The molecule has 1 atom stereocenters. The molecule has 1 aliphatic carbocycles. The van der Waals surface area contributed by atoms with E-state index in [9.17, 15) is 13.6 Å². The lowest BCUT2D eigenvalue weighted by molar-refractivity contribution is 0.0593. The van der Waals surface area contributed by atoms with Crippen LogP contribution in [0.15, 0.2) is 6.20 Å². The Balaban J connectivity index is 2.50. The van der Waals surface area contributed by atoms with Crippen molar-refractivity contribution in [2.75, 3.05) is 7.11 Å². The molecule has 0 aromatic carbocycles. The summed E-state index contributed by atoms with van der Waals surface area (Å²) in [5, 5.41) is 3.76. The third-order valence-electron chi connectivity index (χ3n) is 2.80. The molecule has 1 unspecified atom stereocenters. The minimum absolute atomic E-state index is 0.00956. The molecule has 1 heterocycles. The molecule has 1 aromatic rings. The van der Waals surface area contributed by atoms with Gasteiger partial charge in [0.25, 0.3) is 5.92 Å². The number of nitrogens with two attached hydrogens (primary N) is 1. The Morgan fingerprint density at radius 2 is 2.25 bits per heavy atom. The van der Waals surface area contributed by atoms with E-state index in [4.69, 9.17) is 5.73 Å². The van der Waals surface area contributed by atoms with Crippen LogP contribution in [0.2, 0.25) is 0 Å². The minimum atomic E-state index is -3.00. The molecule has 0 saturated heterocycles. The van der Waals surface area contributed by atoms with E-state index < -0.39 is 23.9 Å². The summed E-state index contributed by atoms with van der Waals surface area (Å²) in [6.07, 6.45) is 0.702. The lowest BCUT2D eigenvalue weighted by atomic mass is 10.1. The highest BCUT2D eigenvalue weighted by atomic mass is 19.3. The molecule has 1 aliphatic rings. The average Bonchev–Trinajstić information content (AvgIpc) is 2.59. The monoisotopic (exact) mass is 231 g/mol.